The van der Waals surface area contributed by atoms with Gasteiger partial charge in [-0.05, 0) is 37.3 Å². The van der Waals surface area contributed by atoms with Crippen LogP contribution in [0.2, 0.25) is 0 Å². The van der Waals surface area contributed by atoms with Crippen LogP contribution in [0, 0.1) is 0 Å². The Morgan fingerprint density at radius 3 is 2.34 bits per heavy atom. The molecule has 3 aromatic rings. The molecule has 0 aliphatic carbocycles. The van der Waals surface area contributed by atoms with Crippen molar-refractivity contribution in [2.45, 2.75) is 28.4 Å². The van der Waals surface area contributed by atoms with E-state index in [9.17, 15) is 26.4 Å². The number of halogens is 3. The quantitative estimate of drug-likeness (QED) is 0.333. The van der Waals surface area contributed by atoms with Gasteiger partial charge in [0.2, 0.25) is 17.0 Å². The van der Waals surface area contributed by atoms with Crippen molar-refractivity contribution >= 4 is 39.3 Å². The normalized spacial score (nSPS) is 12.9. The van der Waals surface area contributed by atoms with Gasteiger partial charge in [-0.15, -0.1) is 10.2 Å². The number of amides is 1. The van der Waals surface area contributed by atoms with Crippen LogP contribution < -0.4 is 15.9 Å². The van der Waals surface area contributed by atoms with Crippen molar-refractivity contribution in [1.82, 2.24) is 24.8 Å². The number of benzene rings is 1. The Balaban J connectivity index is 1.64. The molecule has 3 rings (SSSR count). The first-order valence-corrected chi connectivity index (χ1v) is 11.0. The molecule has 1 aromatic carbocycles. The molecular weight excluding hydrogens is 473 g/mol. The van der Waals surface area contributed by atoms with Crippen LogP contribution in [0.15, 0.2) is 52.8 Å². The number of sulfonamides is 1. The van der Waals surface area contributed by atoms with Gasteiger partial charge in [-0.3, -0.25) is 4.79 Å². The maximum atomic E-state index is 12.7. The van der Waals surface area contributed by atoms with Crippen molar-refractivity contribution in [3.8, 4) is 0 Å². The summed E-state index contributed by atoms with van der Waals surface area (Å²) in [5, 5.41) is 7.68. The number of anilines is 2. The number of nitrogens with one attached hydrogen (secondary N) is 2. The molecule has 32 heavy (non-hydrogen) atoms. The van der Waals surface area contributed by atoms with E-state index in [-0.39, 0.29) is 26.4 Å². The summed E-state index contributed by atoms with van der Waals surface area (Å²) >= 11 is 0.676. The van der Waals surface area contributed by atoms with E-state index in [1.54, 1.807) is 0 Å². The third-order valence-electron chi connectivity index (χ3n) is 3.79. The lowest BCUT2D eigenvalue weighted by molar-refractivity contribution is -0.146. The third-order valence-corrected chi connectivity index (χ3v) is 6.19. The highest BCUT2D eigenvalue weighted by Gasteiger charge is 2.38. The molecule has 0 radical (unpaired) electrons. The van der Waals surface area contributed by atoms with Crippen molar-refractivity contribution in [3.05, 3.63) is 48.5 Å². The number of nitrogens with zero attached hydrogens (tertiary/aromatic N) is 5. The Hall–Kier alpha value is -3.40. The highest BCUT2D eigenvalue weighted by molar-refractivity contribution is 8.00. The summed E-state index contributed by atoms with van der Waals surface area (Å²) in [6.07, 6.45) is -2.03. The van der Waals surface area contributed by atoms with Gasteiger partial charge in [0.15, 0.2) is 0 Å². The number of aromatic nitrogens is 5. The summed E-state index contributed by atoms with van der Waals surface area (Å²) in [6, 6.07) is 6.74. The summed E-state index contributed by atoms with van der Waals surface area (Å²) in [5.74, 6) is 3.29. The van der Waals surface area contributed by atoms with Gasteiger partial charge >= 0.3 is 6.18 Å². The van der Waals surface area contributed by atoms with Crippen molar-refractivity contribution in [3.63, 3.8) is 0 Å². The highest BCUT2D eigenvalue weighted by Crippen LogP contribution is 2.30. The Labute approximate surface area is 183 Å². The fourth-order valence-corrected chi connectivity index (χ4v) is 3.98. The van der Waals surface area contributed by atoms with E-state index < -0.39 is 33.2 Å². The van der Waals surface area contributed by atoms with Crippen LogP contribution in [0.1, 0.15) is 12.7 Å². The summed E-state index contributed by atoms with van der Waals surface area (Å²) in [6.45, 7) is 1.44. The Morgan fingerprint density at radius 1 is 1.16 bits per heavy atom. The van der Waals surface area contributed by atoms with E-state index in [0.29, 0.717) is 11.8 Å². The number of nitrogen functional groups attached to an aromatic ring is 1. The molecular formula is C16H15F3N8O3S2. The molecule has 1 amide bonds. The molecule has 0 saturated heterocycles. The molecule has 2 heterocycles. The smallest absolute Gasteiger partial charge is 0.335 e. The molecule has 1 atom stereocenters. The lowest BCUT2D eigenvalue weighted by Crippen LogP contribution is -2.25. The minimum Gasteiger partial charge on any atom is -0.335 e. The van der Waals surface area contributed by atoms with Gasteiger partial charge < -0.3 is 11.2 Å². The molecule has 1 unspecified atom stereocenters. The summed E-state index contributed by atoms with van der Waals surface area (Å²) in [4.78, 5) is 19.8. The molecule has 0 aliphatic rings. The molecule has 0 aliphatic heterocycles. The average Bonchev–Trinajstić information content (AvgIpc) is 3.09. The van der Waals surface area contributed by atoms with Gasteiger partial charge in [0.1, 0.15) is 0 Å². The lowest BCUT2D eigenvalue weighted by Gasteiger charge is -2.12. The van der Waals surface area contributed by atoms with Crippen molar-refractivity contribution < 1.29 is 26.4 Å². The van der Waals surface area contributed by atoms with Crippen LogP contribution in [-0.4, -0.2) is 44.4 Å². The van der Waals surface area contributed by atoms with Crippen LogP contribution in [0.5, 0.6) is 0 Å². The van der Waals surface area contributed by atoms with Crippen LogP contribution >= 0.6 is 11.8 Å². The standard InChI is InChI=1S/C16H15F3N8O3S2/c1-9(31-15-25-24-13(27(15)20)16(17,18)19)12(28)23-10-3-5-11(6-4-10)32(29,30)26-14-21-7-2-8-22-14/h2-9H,20H2,1H3,(H,23,28)(H,21,22,26). The third kappa shape index (κ3) is 5.44. The fourth-order valence-electron chi connectivity index (χ4n) is 2.25. The van der Waals surface area contributed by atoms with Crippen molar-refractivity contribution in [2.75, 3.05) is 15.9 Å². The number of rotatable bonds is 7. The summed E-state index contributed by atoms with van der Waals surface area (Å²) in [5.41, 5.74) is 0.266. The number of nitrogens with two attached hydrogens (primary N) is 1. The topological polar surface area (TPSA) is 158 Å². The Morgan fingerprint density at radius 2 is 1.78 bits per heavy atom. The maximum absolute atomic E-state index is 12.7. The molecule has 170 valence electrons. The van der Waals surface area contributed by atoms with E-state index in [2.05, 4.69) is 30.2 Å². The molecule has 0 saturated carbocycles. The zero-order valence-electron chi connectivity index (χ0n) is 16.1. The first-order chi connectivity index (χ1) is 15.0. The number of hydrogen-bond acceptors (Lipinski definition) is 9. The Bertz CT molecular complexity index is 1200. The molecule has 11 nitrogen and oxygen atoms in total. The monoisotopic (exact) mass is 488 g/mol. The van der Waals surface area contributed by atoms with E-state index in [0.717, 1.165) is 0 Å². The number of alkyl halides is 3. The molecule has 16 heteroatoms. The van der Waals surface area contributed by atoms with Gasteiger partial charge in [0.25, 0.3) is 15.8 Å². The van der Waals surface area contributed by atoms with Gasteiger partial charge in [-0.2, -0.15) is 13.2 Å². The van der Waals surface area contributed by atoms with Gasteiger partial charge in [-0.1, -0.05) is 11.8 Å². The number of carbonyl (C=O) groups is 1. The zero-order chi connectivity index (χ0) is 23.5. The highest BCUT2D eigenvalue weighted by atomic mass is 32.2. The first kappa shape index (κ1) is 23.3. The predicted molar refractivity (Wildman–Crippen MR) is 108 cm³/mol. The second kappa shape index (κ2) is 8.99. The van der Waals surface area contributed by atoms with Gasteiger partial charge in [-0.25, -0.2) is 27.8 Å². The van der Waals surface area contributed by atoms with E-state index in [1.807, 2.05) is 0 Å². The minimum absolute atomic E-state index is 0.0960. The number of thioether (sulfide) groups is 1. The SMILES string of the molecule is CC(Sc1nnc(C(F)(F)F)n1N)C(=O)Nc1ccc(S(=O)(=O)Nc2ncccn2)cc1. The molecule has 0 fully saturated rings. The van der Waals surface area contributed by atoms with Crippen LogP contribution in [0.25, 0.3) is 0 Å². The largest absolute Gasteiger partial charge is 0.453 e. The van der Waals surface area contributed by atoms with Crippen LogP contribution in [0.4, 0.5) is 24.8 Å². The molecule has 4 N–H and O–H groups in total. The maximum Gasteiger partial charge on any atom is 0.453 e. The zero-order valence-corrected chi connectivity index (χ0v) is 17.7. The summed E-state index contributed by atoms with van der Waals surface area (Å²) < 4.78 is 65.4. The fraction of sp³-hybridized carbons (Fsp3) is 0.188. The van der Waals surface area contributed by atoms with Crippen LogP contribution in [0.3, 0.4) is 0 Å². The summed E-state index contributed by atoms with van der Waals surface area (Å²) in [7, 11) is -3.95. The molecule has 0 spiro atoms. The first-order valence-electron chi connectivity index (χ1n) is 8.62. The van der Waals surface area contributed by atoms with E-state index in [1.165, 1.54) is 49.6 Å². The molecule has 2 aromatic heterocycles. The lowest BCUT2D eigenvalue weighted by atomic mass is 10.3. The number of carbonyl (C=O) groups excluding carboxylic acids is 1. The number of hydrogen-bond donors (Lipinski definition) is 3. The predicted octanol–water partition coefficient (Wildman–Crippen LogP) is 1.72. The van der Waals surface area contributed by atoms with E-state index in [4.69, 9.17) is 5.84 Å². The van der Waals surface area contributed by atoms with E-state index >= 15 is 0 Å². The Kier molecular flexibility index (Phi) is 6.54. The molecule has 0 bridgehead atoms. The van der Waals surface area contributed by atoms with Crippen molar-refractivity contribution in [2.24, 2.45) is 0 Å². The second-order valence-electron chi connectivity index (χ2n) is 6.13. The van der Waals surface area contributed by atoms with Crippen molar-refractivity contribution in [1.29, 1.82) is 0 Å². The van der Waals surface area contributed by atoms with Gasteiger partial charge in [0, 0.05) is 18.1 Å². The average molecular weight is 488 g/mol. The van der Waals surface area contributed by atoms with Crippen LogP contribution in [-0.2, 0) is 21.0 Å². The minimum atomic E-state index is -4.78. The second-order valence-corrected chi connectivity index (χ2v) is 9.12. The van der Waals surface area contributed by atoms with Gasteiger partial charge in [0.05, 0.1) is 10.1 Å².